The van der Waals surface area contributed by atoms with Gasteiger partial charge >= 0.3 is 6.03 Å². The lowest BCUT2D eigenvalue weighted by Crippen LogP contribution is -3.11. The third-order valence-electron chi connectivity index (χ3n) is 4.76. The average Bonchev–Trinajstić information content (AvgIpc) is 2.60. The van der Waals surface area contributed by atoms with Gasteiger partial charge in [-0.05, 0) is 39.3 Å². The molecule has 1 atom stereocenters. The monoisotopic (exact) mass is 359 g/mol. The second kappa shape index (κ2) is 8.71. The third-order valence-corrected chi connectivity index (χ3v) is 4.76. The normalized spacial score (nSPS) is 18.5. The van der Waals surface area contributed by atoms with E-state index in [1.165, 1.54) is 4.90 Å². The van der Waals surface area contributed by atoms with E-state index in [1.54, 1.807) is 19.1 Å². The second-order valence-corrected chi connectivity index (χ2v) is 6.42. The smallest absolute Gasteiger partial charge is 0.334 e. The van der Waals surface area contributed by atoms with Gasteiger partial charge in [0.2, 0.25) is 5.91 Å². The Balaban J connectivity index is 2.22. The van der Waals surface area contributed by atoms with Crippen LogP contribution in [-0.4, -0.2) is 49.7 Å². The summed E-state index contributed by atoms with van der Waals surface area (Å²) in [5.74, 6) is -2.23. The highest BCUT2D eigenvalue weighted by Gasteiger charge is 2.43. The molecule has 1 heterocycles. The molecule has 7 nitrogen and oxygen atoms in total. The second-order valence-electron chi connectivity index (χ2n) is 6.42. The van der Waals surface area contributed by atoms with Crippen LogP contribution in [0.5, 0.6) is 0 Å². The van der Waals surface area contributed by atoms with Gasteiger partial charge < -0.3 is 4.90 Å². The highest BCUT2D eigenvalue weighted by atomic mass is 16.2. The van der Waals surface area contributed by atoms with Gasteiger partial charge in [0.1, 0.15) is 0 Å². The van der Waals surface area contributed by atoms with Crippen LogP contribution in [0.3, 0.4) is 0 Å². The number of amides is 4. The number of nitrogens with zero attached hydrogens (tertiary/aromatic N) is 2. The van der Waals surface area contributed by atoms with Crippen LogP contribution in [0, 0.1) is 12.8 Å². The fraction of sp³-hybridized carbons (Fsp3) is 0.474. The maximum atomic E-state index is 12.9. The lowest BCUT2D eigenvalue weighted by molar-refractivity contribution is -0.894. The number of nitrogens with one attached hydrogen (secondary N) is 2. The first-order valence-electron chi connectivity index (χ1n) is 8.99. The molecule has 0 spiro atoms. The van der Waals surface area contributed by atoms with Crippen LogP contribution in [0.15, 0.2) is 29.3 Å². The Morgan fingerprint density at radius 2 is 1.85 bits per heavy atom. The molecule has 1 aliphatic rings. The van der Waals surface area contributed by atoms with E-state index in [1.807, 2.05) is 19.1 Å². The molecule has 1 unspecified atom stereocenters. The summed E-state index contributed by atoms with van der Waals surface area (Å²) in [6.07, 6.45) is 0. The van der Waals surface area contributed by atoms with Gasteiger partial charge in [-0.3, -0.25) is 19.9 Å². The molecule has 26 heavy (non-hydrogen) atoms. The number of barbiturate groups is 1. The molecule has 1 aromatic carbocycles. The quantitative estimate of drug-likeness (QED) is 0.552. The fourth-order valence-electron chi connectivity index (χ4n) is 3.07. The standard InChI is InChI=1S/C19H26N4O3/c1-5-22(6-2)12-11-20-14(4)16-17(24)21-19(26)23(18(16)25)15-10-8-7-9-13(15)3/h7-10,16H,5-6,11-12H2,1-4H3,(H,21,24,26)/p+1. The van der Waals surface area contributed by atoms with Crippen molar-refractivity contribution in [3.63, 3.8) is 0 Å². The number of benzene rings is 1. The number of imide groups is 2. The van der Waals surface area contributed by atoms with Crippen molar-refractivity contribution in [3.05, 3.63) is 29.8 Å². The molecule has 2 rings (SSSR count). The SMILES string of the molecule is CC[NH+](CC)CCN=C(C)C1C(=O)NC(=O)N(c2ccccc2C)C1=O. The molecule has 140 valence electrons. The number of rotatable bonds is 7. The number of para-hydroxylation sites is 1. The van der Waals surface area contributed by atoms with Crippen molar-refractivity contribution in [3.8, 4) is 0 Å². The van der Waals surface area contributed by atoms with Crippen molar-refractivity contribution in [2.24, 2.45) is 10.9 Å². The van der Waals surface area contributed by atoms with E-state index in [2.05, 4.69) is 24.2 Å². The number of hydrogen-bond donors (Lipinski definition) is 2. The van der Waals surface area contributed by atoms with Crippen LogP contribution in [-0.2, 0) is 9.59 Å². The number of aliphatic imine (C=N–C) groups is 1. The zero-order chi connectivity index (χ0) is 19.3. The van der Waals surface area contributed by atoms with Crippen LogP contribution in [0.1, 0.15) is 26.3 Å². The highest BCUT2D eigenvalue weighted by molar-refractivity contribution is 6.35. The Labute approximate surface area is 154 Å². The molecule has 1 aromatic rings. The molecule has 0 aromatic heterocycles. The van der Waals surface area contributed by atoms with Crippen LogP contribution >= 0.6 is 0 Å². The van der Waals surface area contributed by atoms with Gasteiger partial charge in [-0.2, -0.15) is 0 Å². The van der Waals surface area contributed by atoms with Crippen molar-refractivity contribution < 1.29 is 19.3 Å². The largest absolute Gasteiger partial charge is 0.335 e. The minimum Gasteiger partial charge on any atom is -0.334 e. The van der Waals surface area contributed by atoms with E-state index >= 15 is 0 Å². The minimum atomic E-state index is -1.07. The van der Waals surface area contributed by atoms with Gasteiger partial charge in [0, 0.05) is 5.71 Å². The number of likely N-dealkylation sites (N-methyl/N-ethyl adjacent to an activating group) is 1. The lowest BCUT2D eigenvalue weighted by atomic mass is 9.98. The predicted octanol–water partition coefficient (Wildman–Crippen LogP) is 0.580. The lowest BCUT2D eigenvalue weighted by Gasteiger charge is -2.31. The van der Waals surface area contributed by atoms with E-state index in [4.69, 9.17) is 0 Å². The maximum Gasteiger partial charge on any atom is 0.335 e. The van der Waals surface area contributed by atoms with Crippen LogP contribution in [0.25, 0.3) is 0 Å². The highest BCUT2D eigenvalue weighted by Crippen LogP contribution is 2.24. The first-order valence-corrected chi connectivity index (χ1v) is 8.99. The molecule has 1 fully saturated rings. The summed E-state index contributed by atoms with van der Waals surface area (Å²) in [7, 11) is 0. The van der Waals surface area contributed by atoms with E-state index in [0.29, 0.717) is 17.9 Å². The zero-order valence-electron chi connectivity index (χ0n) is 15.8. The van der Waals surface area contributed by atoms with Crippen LogP contribution in [0.2, 0.25) is 0 Å². The number of urea groups is 1. The Morgan fingerprint density at radius 3 is 2.46 bits per heavy atom. The van der Waals surface area contributed by atoms with Gasteiger partial charge in [0.25, 0.3) is 5.91 Å². The fourth-order valence-corrected chi connectivity index (χ4v) is 3.07. The van der Waals surface area contributed by atoms with Crippen LogP contribution in [0.4, 0.5) is 10.5 Å². The zero-order valence-corrected chi connectivity index (χ0v) is 15.8. The summed E-state index contributed by atoms with van der Waals surface area (Å²) >= 11 is 0. The Morgan fingerprint density at radius 1 is 1.19 bits per heavy atom. The molecule has 1 aliphatic heterocycles. The van der Waals surface area contributed by atoms with Gasteiger partial charge in [-0.1, -0.05) is 18.2 Å². The summed E-state index contributed by atoms with van der Waals surface area (Å²) in [5, 5.41) is 2.28. The van der Waals surface area contributed by atoms with Crippen molar-refractivity contribution >= 4 is 29.2 Å². The average molecular weight is 359 g/mol. The summed E-state index contributed by atoms with van der Waals surface area (Å²) in [6, 6.07) is 6.37. The summed E-state index contributed by atoms with van der Waals surface area (Å²) in [5.41, 5.74) is 1.70. The van der Waals surface area contributed by atoms with Crippen molar-refractivity contribution in [2.75, 3.05) is 31.1 Å². The Hall–Kier alpha value is -2.54. The molecule has 0 radical (unpaired) electrons. The number of anilines is 1. The van der Waals surface area contributed by atoms with Crippen molar-refractivity contribution in [2.45, 2.75) is 27.7 Å². The first kappa shape index (κ1) is 19.8. The van der Waals surface area contributed by atoms with E-state index in [-0.39, 0.29) is 0 Å². The summed E-state index contributed by atoms with van der Waals surface area (Å²) in [4.78, 5) is 44.3. The van der Waals surface area contributed by atoms with Crippen molar-refractivity contribution in [1.82, 2.24) is 5.32 Å². The van der Waals surface area contributed by atoms with Gasteiger partial charge in [0.05, 0.1) is 31.9 Å². The molecule has 0 aliphatic carbocycles. The Bertz CT molecular complexity index is 725. The number of hydrogen-bond acceptors (Lipinski definition) is 4. The van der Waals surface area contributed by atoms with E-state index in [9.17, 15) is 14.4 Å². The molecule has 0 bridgehead atoms. The van der Waals surface area contributed by atoms with Gasteiger partial charge in [0.15, 0.2) is 5.92 Å². The number of aryl methyl sites for hydroxylation is 1. The molecule has 2 N–H and O–H groups in total. The maximum absolute atomic E-state index is 12.9. The Kier molecular flexibility index (Phi) is 6.63. The molecule has 4 amide bonds. The first-order chi connectivity index (χ1) is 12.4. The van der Waals surface area contributed by atoms with E-state index < -0.39 is 23.8 Å². The third kappa shape index (κ3) is 4.16. The molecule has 7 heteroatoms. The van der Waals surface area contributed by atoms with Crippen LogP contribution < -0.4 is 15.1 Å². The topological polar surface area (TPSA) is 83.3 Å². The minimum absolute atomic E-state index is 0.435. The predicted molar refractivity (Wildman–Crippen MR) is 101 cm³/mol. The number of carbonyl (C=O) groups excluding carboxylic acids is 3. The summed E-state index contributed by atoms with van der Waals surface area (Å²) < 4.78 is 0. The van der Waals surface area contributed by atoms with Crippen molar-refractivity contribution in [1.29, 1.82) is 0 Å². The number of carbonyl (C=O) groups is 3. The van der Waals surface area contributed by atoms with Gasteiger partial charge in [-0.25, -0.2) is 9.69 Å². The summed E-state index contributed by atoms with van der Waals surface area (Å²) in [6.45, 7) is 11.1. The van der Waals surface area contributed by atoms with Gasteiger partial charge in [-0.15, -0.1) is 0 Å². The molecule has 1 saturated heterocycles. The molecule has 0 saturated carbocycles. The van der Waals surface area contributed by atoms with E-state index in [0.717, 1.165) is 30.1 Å². The molecular formula is C19H27N4O3+. The number of quaternary nitrogens is 1. The molecular weight excluding hydrogens is 332 g/mol.